The van der Waals surface area contributed by atoms with Gasteiger partial charge in [-0.05, 0) is 18.6 Å². The predicted molar refractivity (Wildman–Crippen MR) is 80.1 cm³/mol. The lowest BCUT2D eigenvalue weighted by molar-refractivity contribution is -0.128. The molecule has 2 amide bonds. The third-order valence-electron chi connectivity index (χ3n) is 3.51. The Morgan fingerprint density at radius 2 is 2.41 bits per heavy atom. The molecule has 2 aromatic heterocycles. The van der Waals surface area contributed by atoms with Crippen LogP contribution in [0.3, 0.4) is 0 Å². The fourth-order valence-electron chi connectivity index (χ4n) is 2.35. The molecule has 0 aromatic carbocycles. The van der Waals surface area contributed by atoms with Crippen LogP contribution in [0.4, 0.5) is 5.13 Å². The Balaban J connectivity index is 1.58. The topological polar surface area (TPSA) is 88.3 Å². The minimum atomic E-state index is -0.364. The van der Waals surface area contributed by atoms with Crippen LogP contribution in [0, 0.1) is 5.92 Å². The molecule has 1 saturated heterocycles. The molecule has 0 saturated carbocycles. The number of carbonyl (C=O) groups excluding carboxylic acids is 2. The van der Waals surface area contributed by atoms with Gasteiger partial charge in [0.15, 0.2) is 0 Å². The van der Waals surface area contributed by atoms with Crippen LogP contribution < -0.4 is 5.32 Å². The average Bonchev–Trinajstić information content (AvgIpc) is 3.22. The molecule has 2 aromatic rings. The lowest BCUT2D eigenvalue weighted by atomic mass is 10.1. The Labute approximate surface area is 131 Å². The smallest absolute Gasteiger partial charge is 0.231 e. The second kappa shape index (κ2) is 6.27. The zero-order chi connectivity index (χ0) is 15.5. The van der Waals surface area contributed by atoms with Gasteiger partial charge in [0.05, 0.1) is 18.7 Å². The van der Waals surface area contributed by atoms with Gasteiger partial charge in [0.25, 0.3) is 0 Å². The van der Waals surface area contributed by atoms with E-state index >= 15 is 0 Å². The highest BCUT2D eigenvalue weighted by Gasteiger charge is 2.35. The van der Waals surface area contributed by atoms with Gasteiger partial charge in [-0.2, -0.15) is 0 Å². The van der Waals surface area contributed by atoms with E-state index in [1.54, 1.807) is 17.2 Å². The summed E-state index contributed by atoms with van der Waals surface area (Å²) in [6, 6.07) is 3.59. The molecule has 1 aliphatic rings. The van der Waals surface area contributed by atoms with E-state index in [4.69, 9.17) is 4.42 Å². The second-order valence-corrected chi connectivity index (χ2v) is 6.16. The van der Waals surface area contributed by atoms with Crippen molar-refractivity contribution in [2.75, 3.05) is 11.9 Å². The number of amides is 2. The summed E-state index contributed by atoms with van der Waals surface area (Å²) in [6.07, 6.45) is 2.57. The number of likely N-dealkylation sites (tertiary alicyclic amines) is 1. The van der Waals surface area contributed by atoms with Crippen LogP contribution in [0.15, 0.2) is 22.8 Å². The van der Waals surface area contributed by atoms with Crippen molar-refractivity contribution in [2.45, 2.75) is 26.3 Å². The molecular formula is C14H16N4O3S. The van der Waals surface area contributed by atoms with Crippen LogP contribution in [-0.4, -0.2) is 33.5 Å². The fraction of sp³-hybridized carbons (Fsp3) is 0.429. The number of aryl methyl sites for hydroxylation is 1. The van der Waals surface area contributed by atoms with Crippen LogP contribution in [-0.2, 0) is 22.6 Å². The summed E-state index contributed by atoms with van der Waals surface area (Å²) in [5, 5.41) is 12.0. The second-order valence-electron chi connectivity index (χ2n) is 5.10. The van der Waals surface area contributed by atoms with Gasteiger partial charge in [0.1, 0.15) is 10.8 Å². The third-order valence-corrected chi connectivity index (χ3v) is 4.49. The molecule has 0 unspecified atom stereocenters. The Morgan fingerprint density at radius 3 is 3.09 bits per heavy atom. The summed E-state index contributed by atoms with van der Waals surface area (Å²) in [7, 11) is 0. The van der Waals surface area contributed by atoms with Crippen LogP contribution in [0.1, 0.15) is 24.1 Å². The molecular weight excluding hydrogens is 304 g/mol. The first kappa shape index (κ1) is 14.7. The van der Waals surface area contributed by atoms with Gasteiger partial charge < -0.3 is 14.6 Å². The van der Waals surface area contributed by atoms with E-state index in [-0.39, 0.29) is 24.2 Å². The van der Waals surface area contributed by atoms with Crippen molar-refractivity contribution in [3.8, 4) is 0 Å². The lowest BCUT2D eigenvalue weighted by Gasteiger charge is -2.14. The first-order valence-corrected chi connectivity index (χ1v) is 7.90. The maximum absolute atomic E-state index is 12.2. The summed E-state index contributed by atoms with van der Waals surface area (Å²) < 4.78 is 5.24. The van der Waals surface area contributed by atoms with Crippen LogP contribution in [0.5, 0.6) is 0 Å². The van der Waals surface area contributed by atoms with Crippen molar-refractivity contribution in [1.29, 1.82) is 0 Å². The number of carbonyl (C=O) groups is 2. The molecule has 8 heteroatoms. The molecule has 1 aliphatic heterocycles. The molecule has 0 bridgehead atoms. The third kappa shape index (κ3) is 3.16. The maximum Gasteiger partial charge on any atom is 0.231 e. The molecule has 1 N–H and O–H groups in total. The molecule has 0 spiro atoms. The number of hydrogen-bond donors (Lipinski definition) is 1. The van der Waals surface area contributed by atoms with E-state index in [1.807, 2.05) is 13.0 Å². The number of aromatic nitrogens is 2. The minimum Gasteiger partial charge on any atom is -0.467 e. The number of furan rings is 1. The number of hydrogen-bond acceptors (Lipinski definition) is 6. The molecule has 1 atom stereocenters. The summed E-state index contributed by atoms with van der Waals surface area (Å²) >= 11 is 1.36. The van der Waals surface area contributed by atoms with E-state index in [9.17, 15) is 9.59 Å². The van der Waals surface area contributed by atoms with Crippen molar-refractivity contribution in [3.05, 3.63) is 29.2 Å². The molecule has 3 rings (SSSR count). The Kier molecular flexibility index (Phi) is 4.19. The quantitative estimate of drug-likeness (QED) is 0.905. The number of rotatable bonds is 5. The van der Waals surface area contributed by atoms with Crippen molar-refractivity contribution in [3.63, 3.8) is 0 Å². The van der Waals surface area contributed by atoms with E-state index < -0.39 is 0 Å². The molecule has 22 heavy (non-hydrogen) atoms. The Bertz CT molecular complexity index is 667. The van der Waals surface area contributed by atoms with Gasteiger partial charge in [-0.25, -0.2) is 0 Å². The van der Waals surface area contributed by atoms with Gasteiger partial charge in [-0.3, -0.25) is 9.59 Å². The van der Waals surface area contributed by atoms with Crippen molar-refractivity contribution >= 4 is 28.3 Å². The summed E-state index contributed by atoms with van der Waals surface area (Å²) in [6.45, 7) is 2.77. The standard InChI is InChI=1S/C14H16N4O3S/c1-2-11-16-17-14(22-11)15-13(20)9-6-12(19)18(7-9)8-10-4-3-5-21-10/h3-5,9H,2,6-8H2,1H3,(H,15,17,20)/t9-/m0/s1. The number of anilines is 1. The van der Waals surface area contributed by atoms with Crippen molar-refractivity contribution in [1.82, 2.24) is 15.1 Å². The Hall–Kier alpha value is -2.22. The van der Waals surface area contributed by atoms with E-state index in [1.165, 1.54) is 11.3 Å². The molecule has 3 heterocycles. The van der Waals surface area contributed by atoms with Gasteiger partial charge >= 0.3 is 0 Å². The summed E-state index contributed by atoms with van der Waals surface area (Å²) in [5.41, 5.74) is 0. The molecule has 7 nitrogen and oxygen atoms in total. The first-order valence-electron chi connectivity index (χ1n) is 7.09. The van der Waals surface area contributed by atoms with Crippen LogP contribution in [0.25, 0.3) is 0 Å². The largest absolute Gasteiger partial charge is 0.467 e. The highest BCUT2D eigenvalue weighted by atomic mass is 32.1. The maximum atomic E-state index is 12.2. The fourth-order valence-corrected chi connectivity index (χ4v) is 3.03. The Morgan fingerprint density at radius 1 is 1.55 bits per heavy atom. The number of nitrogens with zero attached hydrogens (tertiary/aromatic N) is 3. The predicted octanol–water partition coefficient (Wildman–Crippen LogP) is 1.68. The van der Waals surface area contributed by atoms with Gasteiger partial charge in [0.2, 0.25) is 16.9 Å². The minimum absolute atomic E-state index is 0.0388. The van der Waals surface area contributed by atoms with Gasteiger partial charge in [-0.1, -0.05) is 18.3 Å². The van der Waals surface area contributed by atoms with E-state index in [0.717, 1.165) is 11.4 Å². The monoisotopic (exact) mass is 320 g/mol. The van der Waals surface area contributed by atoms with Crippen molar-refractivity contribution in [2.24, 2.45) is 5.92 Å². The van der Waals surface area contributed by atoms with E-state index in [2.05, 4.69) is 15.5 Å². The van der Waals surface area contributed by atoms with Gasteiger partial charge in [0, 0.05) is 13.0 Å². The zero-order valence-corrected chi connectivity index (χ0v) is 12.9. The summed E-state index contributed by atoms with van der Waals surface area (Å²) in [4.78, 5) is 25.9. The number of nitrogens with one attached hydrogen (secondary N) is 1. The van der Waals surface area contributed by atoms with Crippen LogP contribution >= 0.6 is 11.3 Å². The molecule has 116 valence electrons. The normalized spacial score (nSPS) is 18.0. The SMILES string of the molecule is CCc1nnc(NC(=O)[C@H]2CC(=O)N(Cc3ccco3)C2)s1. The molecule has 0 radical (unpaired) electrons. The van der Waals surface area contributed by atoms with E-state index in [0.29, 0.717) is 24.0 Å². The lowest BCUT2D eigenvalue weighted by Crippen LogP contribution is -2.27. The zero-order valence-electron chi connectivity index (χ0n) is 12.1. The van der Waals surface area contributed by atoms with Crippen LogP contribution in [0.2, 0.25) is 0 Å². The van der Waals surface area contributed by atoms with Crippen molar-refractivity contribution < 1.29 is 14.0 Å². The molecule has 1 fully saturated rings. The highest BCUT2D eigenvalue weighted by Crippen LogP contribution is 2.23. The van der Waals surface area contributed by atoms with Gasteiger partial charge in [-0.15, -0.1) is 10.2 Å². The molecule has 0 aliphatic carbocycles. The average molecular weight is 320 g/mol. The highest BCUT2D eigenvalue weighted by molar-refractivity contribution is 7.15. The first-order chi connectivity index (χ1) is 10.7. The summed E-state index contributed by atoms with van der Waals surface area (Å²) in [5.74, 6) is 0.125.